The van der Waals surface area contributed by atoms with E-state index in [1.807, 2.05) is 18.0 Å². The number of carbonyl (C=O) groups is 1. The summed E-state index contributed by atoms with van der Waals surface area (Å²) in [5, 5.41) is 18.3. The van der Waals surface area contributed by atoms with E-state index in [2.05, 4.69) is 0 Å². The number of nitrogens with zero attached hydrogens (tertiary/aromatic N) is 3. The normalized spacial score (nSPS) is 15.9. The van der Waals surface area contributed by atoms with E-state index < -0.39 is 5.82 Å². The van der Waals surface area contributed by atoms with Crippen molar-refractivity contribution in [2.45, 2.75) is 25.5 Å². The van der Waals surface area contributed by atoms with Crippen molar-refractivity contribution < 1.29 is 14.3 Å². The summed E-state index contributed by atoms with van der Waals surface area (Å²) in [7, 11) is 1.81. The number of likely N-dealkylation sites (tertiary alicyclic amines) is 1. The fraction of sp³-hybridized carbons (Fsp3) is 0.500. The van der Waals surface area contributed by atoms with Gasteiger partial charge < -0.3 is 10.0 Å². The van der Waals surface area contributed by atoms with Crippen molar-refractivity contribution in [3.05, 3.63) is 35.1 Å². The highest BCUT2D eigenvalue weighted by atomic mass is 19.1. The van der Waals surface area contributed by atoms with Crippen molar-refractivity contribution >= 4 is 5.91 Å². The Morgan fingerprint density at radius 1 is 1.50 bits per heavy atom. The molecule has 1 amide bonds. The van der Waals surface area contributed by atoms with Crippen LogP contribution < -0.4 is 0 Å². The molecule has 0 atom stereocenters. The fourth-order valence-electron chi connectivity index (χ4n) is 2.57. The maximum Gasteiger partial charge on any atom is 0.236 e. The minimum atomic E-state index is -0.531. The van der Waals surface area contributed by atoms with E-state index in [0.717, 1.165) is 5.56 Å². The highest BCUT2D eigenvalue weighted by Gasteiger charge is 2.22. The number of hydrogen-bond acceptors (Lipinski definition) is 4. The fourth-order valence-corrected chi connectivity index (χ4v) is 2.57. The summed E-state index contributed by atoms with van der Waals surface area (Å²) in [5.41, 5.74) is 0.810. The Morgan fingerprint density at radius 3 is 2.82 bits per heavy atom. The molecule has 5 nitrogen and oxygen atoms in total. The van der Waals surface area contributed by atoms with Crippen LogP contribution in [0.15, 0.2) is 18.2 Å². The van der Waals surface area contributed by atoms with Gasteiger partial charge in [-0.1, -0.05) is 6.07 Å². The molecule has 1 aromatic rings. The third kappa shape index (κ3) is 4.26. The molecular formula is C16H20FN3O2. The molecule has 0 unspecified atom stereocenters. The zero-order valence-electron chi connectivity index (χ0n) is 12.6. The predicted octanol–water partition coefficient (Wildman–Crippen LogP) is 1.11. The molecule has 22 heavy (non-hydrogen) atoms. The first-order valence-electron chi connectivity index (χ1n) is 7.32. The van der Waals surface area contributed by atoms with Crippen LogP contribution in [0.3, 0.4) is 0 Å². The van der Waals surface area contributed by atoms with Gasteiger partial charge in [0.2, 0.25) is 5.91 Å². The van der Waals surface area contributed by atoms with Crippen molar-refractivity contribution in [3.8, 4) is 6.07 Å². The summed E-state index contributed by atoms with van der Waals surface area (Å²) in [6, 6.07) is 6.21. The van der Waals surface area contributed by atoms with Gasteiger partial charge in [0.15, 0.2) is 0 Å². The summed E-state index contributed by atoms with van der Waals surface area (Å²) in [6.45, 7) is 1.90. The molecule has 0 aliphatic carbocycles. The van der Waals surface area contributed by atoms with Gasteiger partial charge in [0.1, 0.15) is 11.9 Å². The molecule has 1 heterocycles. The number of aliphatic hydroxyl groups is 1. The third-order valence-corrected chi connectivity index (χ3v) is 3.83. The standard InChI is InChI=1S/C16H20FN3O2/c1-19(10-12-2-3-15(17)13(8-12)9-18)11-16(22)20-6-4-14(21)5-7-20/h2-3,8,14,21H,4-7,10-11H2,1H3. The van der Waals surface area contributed by atoms with Gasteiger partial charge in [-0.25, -0.2) is 4.39 Å². The van der Waals surface area contributed by atoms with E-state index in [4.69, 9.17) is 5.26 Å². The zero-order chi connectivity index (χ0) is 16.1. The number of halogens is 1. The Bertz CT molecular complexity index is 577. The van der Waals surface area contributed by atoms with Crippen molar-refractivity contribution in [1.29, 1.82) is 5.26 Å². The minimum Gasteiger partial charge on any atom is -0.393 e. The predicted molar refractivity (Wildman–Crippen MR) is 79.3 cm³/mol. The number of hydrogen-bond donors (Lipinski definition) is 1. The summed E-state index contributed by atoms with van der Waals surface area (Å²) >= 11 is 0. The van der Waals surface area contributed by atoms with Gasteiger partial charge in [0.25, 0.3) is 0 Å². The first kappa shape index (κ1) is 16.4. The maximum absolute atomic E-state index is 13.3. The van der Waals surface area contributed by atoms with Crippen LogP contribution in [0.4, 0.5) is 4.39 Å². The Morgan fingerprint density at radius 2 is 2.18 bits per heavy atom. The zero-order valence-corrected chi connectivity index (χ0v) is 12.6. The van der Waals surface area contributed by atoms with E-state index in [1.165, 1.54) is 12.1 Å². The molecule has 1 aliphatic rings. The van der Waals surface area contributed by atoms with Gasteiger partial charge in [-0.2, -0.15) is 5.26 Å². The summed E-state index contributed by atoms with van der Waals surface area (Å²) in [6.07, 6.45) is 0.947. The van der Waals surface area contributed by atoms with Gasteiger partial charge in [-0.15, -0.1) is 0 Å². The van der Waals surface area contributed by atoms with Gasteiger partial charge in [0, 0.05) is 19.6 Å². The summed E-state index contributed by atoms with van der Waals surface area (Å²) in [5.74, 6) is -0.506. The average molecular weight is 305 g/mol. The van der Waals surface area contributed by atoms with Crippen LogP contribution in [0.25, 0.3) is 0 Å². The second kappa shape index (κ2) is 7.34. The minimum absolute atomic E-state index is 0.0160. The lowest BCUT2D eigenvalue weighted by atomic mass is 10.1. The molecule has 118 valence electrons. The van der Waals surface area contributed by atoms with E-state index >= 15 is 0 Å². The SMILES string of the molecule is CN(CC(=O)N1CCC(O)CC1)Cc1ccc(F)c(C#N)c1. The number of nitriles is 1. The molecule has 1 N–H and O–H groups in total. The molecular weight excluding hydrogens is 285 g/mol. The van der Waals surface area contributed by atoms with Crippen LogP contribution in [0.2, 0.25) is 0 Å². The molecule has 6 heteroatoms. The Labute approximate surface area is 129 Å². The largest absolute Gasteiger partial charge is 0.393 e. The monoisotopic (exact) mass is 305 g/mol. The molecule has 0 aromatic heterocycles. The van der Waals surface area contributed by atoms with Crippen LogP contribution >= 0.6 is 0 Å². The molecule has 1 aromatic carbocycles. The second-order valence-electron chi connectivity index (χ2n) is 5.71. The summed E-state index contributed by atoms with van der Waals surface area (Å²) in [4.78, 5) is 15.8. The van der Waals surface area contributed by atoms with E-state index in [1.54, 1.807) is 11.0 Å². The van der Waals surface area contributed by atoms with Gasteiger partial charge in [-0.05, 0) is 37.6 Å². The van der Waals surface area contributed by atoms with Crippen LogP contribution in [-0.2, 0) is 11.3 Å². The number of amides is 1. The van der Waals surface area contributed by atoms with Crippen molar-refractivity contribution in [2.24, 2.45) is 0 Å². The number of rotatable bonds is 4. The van der Waals surface area contributed by atoms with Crippen LogP contribution in [0.5, 0.6) is 0 Å². The van der Waals surface area contributed by atoms with Gasteiger partial charge in [-0.3, -0.25) is 9.69 Å². The molecule has 0 bridgehead atoms. The number of benzene rings is 1. The lowest BCUT2D eigenvalue weighted by Gasteiger charge is -2.31. The molecule has 0 spiro atoms. The van der Waals surface area contributed by atoms with Crippen LogP contribution in [-0.4, -0.2) is 53.6 Å². The van der Waals surface area contributed by atoms with E-state index in [-0.39, 0.29) is 24.1 Å². The number of aliphatic hydroxyl groups excluding tert-OH is 1. The molecule has 1 fully saturated rings. The summed E-state index contributed by atoms with van der Waals surface area (Å²) < 4.78 is 13.3. The van der Waals surface area contributed by atoms with Gasteiger partial charge in [0.05, 0.1) is 18.2 Å². The van der Waals surface area contributed by atoms with Gasteiger partial charge >= 0.3 is 0 Å². The second-order valence-corrected chi connectivity index (χ2v) is 5.71. The third-order valence-electron chi connectivity index (χ3n) is 3.83. The number of piperidine rings is 1. The molecule has 2 rings (SSSR count). The lowest BCUT2D eigenvalue weighted by molar-refractivity contribution is -0.134. The van der Waals surface area contributed by atoms with E-state index in [0.29, 0.717) is 32.5 Å². The Kier molecular flexibility index (Phi) is 5.47. The van der Waals surface area contributed by atoms with Crippen molar-refractivity contribution in [1.82, 2.24) is 9.80 Å². The first-order valence-corrected chi connectivity index (χ1v) is 7.32. The van der Waals surface area contributed by atoms with Crippen LogP contribution in [0, 0.1) is 17.1 Å². The maximum atomic E-state index is 13.3. The Hall–Kier alpha value is -1.97. The molecule has 0 saturated carbocycles. The highest BCUT2D eigenvalue weighted by molar-refractivity contribution is 5.78. The Balaban J connectivity index is 1.88. The van der Waals surface area contributed by atoms with Crippen molar-refractivity contribution in [2.75, 3.05) is 26.7 Å². The van der Waals surface area contributed by atoms with Crippen LogP contribution in [0.1, 0.15) is 24.0 Å². The molecule has 1 saturated heterocycles. The highest BCUT2D eigenvalue weighted by Crippen LogP contribution is 2.13. The topological polar surface area (TPSA) is 67.6 Å². The number of carbonyl (C=O) groups excluding carboxylic acids is 1. The average Bonchev–Trinajstić information content (AvgIpc) is 2.49. The number of likely N-dealkylation sites (N-methyl/N-ethyl adjacent to an activating group) is 1. The molecule has 0 radical (unpaired) electrons. The first-order chi connectivity index (χ1) is 10.5. The van der Waals surface area contributed by atoms with E-state index in [9.17, 15) is 14.3 Å². The quantitative estimate of drug-likeness (QED) is 0.905. The van der Waals surface area contributed by atoms with Crippen molar-refractivity contribution in [3.63, 3.8) is 0 Å². The smallest absolute Gasteiger partial charge is 0.236 e. The molecule has 1 aliphatic heterocycles. The lowest BCUT2D eigenvalue weighted by Crippen LogP contribution is -2.44.